The summed E-state index contributed by atoms with van der Waals surface area (Å²) in [7, 11) is 1.51. The van der Waals surface area contributed by atoms with Crippen molar-refractivity contribution in [1.29, 1.82) is 0 Å². The smallest absolute Gasteiger partial charge is 0.312 e. The van der Waals surface area contributed by atoms with Crippen LogP contribution in [-0.2, 0) is 9.53 Å². The van der Waals surface area contributed by atoms with Gasteiger partial charge in [-0.2, -0.15) is 0 Å². The number of hydrogen-bond donors (Lipinski definition) is 0. The molecule has 94 valence electrons. The predicted octanol–water partition coefficient (Wildman–Crippen LogP) is 3.79. The van der Waals surface area contributed by atoms with Gasteiger partial charge < -0.3 is 4.74 Å². The number of carbonyl (C=O) groups excluding carboxylic acids is 1. The predicted molar refractivity (Wildman–Crippen MR) is 66.2 cm³/mol. The average Bonchev–Trinajstić information content (AvgIpc) is 2.23. The SMILES string of the molecule is CCC(C)(C)CC1(C(=O)OC)CCC1(C)C. The summed E-state index contributed by atoms with van der Waals surface area (Å²) < 4.78 is 5.04. The maximum Gasteiger partial charge on any atom is 0.312 e. The molecule has 16 heavy (non-hydrogen) atoms. The average molecular weight is 226 g/mol. The van der Waals surface area contributed by atoms with E-state index in [2.05, 4.69) is 34.6 Å². The highest BCUT2D eigenvalue weighted by atomic mass is 16.5. The zero-order valence-electron chi connectivity index (χ0n) is 11.6. The van der Waals surface area contributed by atoms with Gasteiger partial charge in [0, 0.05) is 0 Å². The van der Waals surface area contributed by atoms with Crippen LogP contribution in [-0.4, -0.2) is 13.1 Å². The Bertz CT molecular complexity index is 278. The summed E-state index contributed by atoms with van der Waals surface area (Å²) >= 11 is 0. The second kappa shape index (κ2) is 4.05. The first kappa shape index (κ1) is 13.5. The molecule has 0 saturated heterocycles. The number of methoxy groups -OCH3 is 1. The van der Waals surface area contributed by atoms with Crippen LogP contribution in [0.1, 0.15) is 60.3 Å². The van der Waals surface area contributed by atoms with E-state index in [9.17, 15) is 4.79 Å². The van der Waals surface area contributed by atoms with E-state index in [0.29, 0.717) is 0 Å². The summed E-state index contributed by atoms with van der Waals surface area (Å²) in [5.41, 5.74) is 0.0552. The van der Waals surface area contributed by atoms with Crippen LogP contribution in [0.3, 0.4) is 0 Å². The number of carbonyl (C=O) groups is 1. The Morgan fingerprint density at radius 3 is 2.12 bits per heavy atom. The van der Waals surface area contributed by atoms with Crippen molar-refractivity contribution in [3.05, 3.63) is 0 Å². The van der Waals surface area contributed by atoms with Crippen molar-refractivity contribution in [2.45, 2.75) is 60.3 Å². The van der Waals surface area contributed by atoms with Crippen molar-refractivity contribution in [3.63, 3.8) is 0 Å². The van der Waals surface area contributed by atoms with E-state index in [1.165, 1.54) is 7.11 Å². The van der Waals surface area contributed by atoms with E-state index in [1.54, 1.807) is 0 Å². The maximum atomic E-state index is 12.1. The Hall–Kier alpha value is -0.530. The molecule has 0 amide bonds. The summed E-state index contributed by atoms with van der Waals surface area (Å²) in [6.45, 7) is 11.1. The fourth-order valence-corrected chi connectivity index (χ4v) is 2.84. The lowest BCUT2D eigenvalue weighted by molar-refractivity contribution is -0.181. The Morgan fingerprint density at radius 1 is 1.31 bits per heavy atom. The minimum Gasteiger partial charge on any atom is -0.469 e. The van der Waals surface area contributed by atoms with Crippen LogP contribution in [0, 0.1) is 16.2 Å². The molecule has 0 bridgehead atoms. The lowest BCUT2D eigenvalue weighted by atomic mass is 9.47. The Labute approximate surface area is 99.8 Å². The molecule has 0 aromatic heterocycles. The molecule has 0 heterocycles. The molecule has 0 radical (unpaired) electrons. The molecular weight excluding hydrogens is 200 g/mol. The van der Waals surface area contributed by atoms with E-state index < -0.39 is 0 Å². The third-order valence-corrected chi connectivity index (χ3v) is 4.79. The van der Waals surface area contributed by atoms with Crippen LogP contribution < -0.4 is 0 Å². The van der Waals surface area contributed by atoms with Gasteiger partial charge in [-0.25, -0.2) is 0 Å². The van der Waals surface area contributed by atoms with E-state index in [1.807, 2.05) is 0 Å². The quantitative estimate of drug-likeness (QED) is 0.682. The Kier molecular flexibility index (Phi) is 3.42. The summed E-state index contributed by atoms with van der Waals surface area (Å²) in [5, 5.41) is 0. The summed E-state index contributed by atoms with van der Waals surface area (Å²) in [6.07, 6.45) is 4.15. The van der Waals surface area contributed by atoms with Gasteiger partial charge in [-0.1, -0.05) is 41.0 Å². The van der Waals surface area contributed by atoms with Gasteiger partial charge in [-0.3, -0.25) is 4.79 Å². The summed E-state index contributed by atoms with van der Waals surface area (Å²) in [6, 6.07) is 0. The van der Waals surface area contributed by atoms with Crippen LogP contribution in [0.5, 0.6) is 0 Å². The largest absolute Gasteiger partial charge is 0.469 e. The van der Waals surface area contributed by atoms with E-state index in [-0.39, 0.29) is 22.2 Å². The highest BCUT2D eigenvalue weighted by Crippen LogP contribution is 2.62. The zero-order chi connectivity index (χ0) is 12.6. The maximum absolute atomic E-state index is 12.1. The lowest BCUT2D eigenvalue weighted by Gasteiger charge is -2.56. The van der Waals surface area contributed by atoms with Gasteiger partial charge in [0.15, 0.2) is 0 Å². The minimum absolute atomic E-state index is 0.00900. The van der Waals surface area contributed by atoms with Crippen molar-refractivity contribution in [2.24, 2.45) is 16.2 Å². The summed E-state index contributed by atoms with van der Waals surface area (Å²) in [4.78, 5) is 12.1. The van der Waals surface area contributed by atoms with Crippen LogP contribution >= 0.6 is 0 Å². The molecule has 1 fully saturated rings. The van der Waals surface area contributed by atoms with Crippen LogP contribution in [0.15, 0.2) is 0 Å². The van der Waals surface area contributed by atoms with Crippen LogP contribution in [0.2, 0.25) is 0 Å². The van der Waals surface area contributed by atoms with Crippen molar-refractivity contribution in [2.75, 3.05) is 7.11 Å². The molecule has 0 spiro atoms. The number of rotatable bonds is 4. The molecule has 1 rings (SSSR count). The topological polar surface area (TPSA) is 26.3 Å². The minimum atomic E-state index is -0.249. The second-order valence-electron chi connectivity index (χ2n) is 6.65. The molecule has 1 atom stereocenters. The van der Waals surface area contributed by atoms with Gasteiger partial charge in [0.2, 0.25) is 0 Å². The molecule has 1 unspecified atom stereocenters. The van der Waals surface area contributed by atoms with Crippen molar-refractivity contribution < 1.29 is 9.53 Å². The zero-order valence-corrected chi connectivity index (χ0v) is 11.6. The highest BCUT2D eigenvalue weighted by molar-refractivity contribution is 5.79. The van der Waals surface area contributed by atoms with Crippen molar-refractivity contribution >= 4 is 5.97 Å². The van der Waals surface area contributed by atoms with Gasteiger partial charge in [0.05, 0.1) is 12.5 Å². The molecule has 2 nitrogen and oxygen atoms in total. The molecule has 0 aliphatic heterocycles. The fourth-order valence-electron chi connectivity index (χ4n) is 2.84. The van der Waals surface area contributed by atoms with Gasteiger partial charge in [-0.05, 0) is 30.1 Å². The fraction of sp³-hybridized carbons (Fsp3) is 0.929. The van der Waals surface area contributed by atoms with Crippen molar-refractivity contribution in [3.8, 4) is 0 Å². The summed E-state index contributed by atoms with van der Waals surface area (Å²) in [5.74, 6) is -0.00900. The Balaban J connectivity index is 2.95. The first-order valence-corrected chi connectivity index (χ1v) is 6.29. The van der Waals surface area contributed by atoms with E-state index >= 15 is 0 Å². The van der Waals surface area contributed by atoms with Gasteiger partial charge >= 0.3 is 5.97 Å². The number of hydrogen-bond acceptors (Lipinski definition) is 2. The lowest BCUT2D eigenvalue weighted by Crippen LogP contribution is -2.55. The van der Waals surface area contributed by atoms with Gasteiger partial charge in [0.1, 0.15) is 0 Å². The molecule has 1 aliphatic carbocycles. The van der Waals surface area contributed by atoms with E-state index in [0.717, 1.165) is 25.7 Å². The normalized spacial score (nSPS) is 28.4. The molecule has 2 heteroatoms. The Morgan fingerprint density at radius 2 is 1.88 bits per heavy atom. The van der Waals surface area contributed by atoms with Crippen molar-refractivity contribution in [1.82, 2.24) is 0 Å². The molecule has 0 N–H and O–H groups in total. The molecule has 1 saturated carbocycles. The third-order valence-electron chi connectivity index (χ3n) is 4.79. The highest BCUT2D eigenvalue weighted by Gasteiger charge is 2.60. The third kappa shape index (κ3) is 1.99. The second-order valence-corrected chi connectivity index (χ2v) is 6.65. The first-order valence-electron chi connectivity index (χ1n) is 6.29. The standard InChI is InChI=1S/C14H26O2/c1-7-12(2,3)10-14(11(15)16-6)9-8-13(14,4)5/h7-10H2,1-6H3. The molecule has 1 aliphatic rings. The van der Waals surface area contributed by atoms with E-state index in [4.69, 9.17) is 4.74 Å². The molecule has 0 aromatic rings. The monoisotopic (exact) mass is 226 g/mol. The van der Waals surface area contributed by atoms with Crippen LogP contribution in [0.25, 0.3) is 0 Å². The first-order chi connectivity index (χ1) is 7.21. The van der Waals surface area contributed by atoms with Gasteiger partial charge in [0.25, 0.3) is 0 Å². The van der Waals surface area contributed by atoms with Crippen LogP contribution in [0.4, 0.5) is 0 Å². The molecule has 0 aromatic carbocycles. The number of ether oxygens (including phenoxy) is 1. The molecular formula is C14H26O2. The van der Waals surface area contributed by atoms with Gasteiger partial charge in [-0.15, -0.1) is 0 Å². The number of esters is 1.